The van der Waals surface area contributed by atoms with Gasteiger partial charge in [-0.2, -0.15) is 0 Å². The predicted molar refractivity (Wildman–Crippen MR) is 71.0 cm³/mol. The molecule has 0 saturated heterocycles. The van der Waals surface area contributed by atoms with Gasteiger partial charge in [-0.3, -0.25) is 0 Å². The molecule has 0 aliphatic carbocycles. The second kappa shape index (κ2) is 5.33. The normalized spacial score (nSPS) is 12.9. The highest BCUT2D eigenvalue weighted by Crippen LogP contribution is 2.18. The van der Waals surface area contributed by atoms with E-state index in [1.807, 2.05) is 6.92 Å². The van der Waals surface area contributed by atoms with Crippen LogP contribution in [-0.2, 0) is 6.54 Å². The summed E-state index contributed by atoms with van der Waals surface area (Å²) in [6.07, 6.45) is 0. The lowest BCUT2D eigenvalue weighted by Crippen LogP contribution is -2.20. The van der Waals surface area contributed by atoms with Crippen LogP contribution >= 0.6 is 11.6 Å². The molecule has 1 unspecified atom stereocenters. The molecule has 1 nitrogen and oxygen atoms in total. The van der Waals surface area contributed by atoms with Gasteiger partial charge in [0.1, 0.15) is 0 Å². The third-order valence-electron chi connectivity index (χ3n) is 2.62. The van der Waals surface area contributed by atoms with Gasteiger partial charge in [-0.05, 0) is 23.3 Å². The molecule has 0 saturated carbocycles. The molecule has 0 aromatic heterocycles. The Bertz CT molecular complexity index is 460. The molecule has 2 aromatic carbocycles. The van der Waals surface area contributed by atoms with Crippen LogP contribution in [0.3, 0.4) is 0 Å². The van der Waals surface area contributed by atoms with E-state index in [1.165, 1.54) is 16.3 Å². The van der Waals surface area contributed by atoms with Crippen LogP contribution in [-0.4, -0.2) is 11.9 Å². The van der Waals surface area contributed by atoms with E-state index < -0.39 is 0 Å². The molecule has 2 heteroatoms. The van der Waals surface area contributed by atoms with Gasteiger partial charge in [0.25, 0.3) is 0 Å². The number of nitrogens with one attached hydrogen (secondary N) is 1. The number of alkyl halides is 1. The molecule has 1 N–H and O–H groups in total. The highest BCUT2D eigenvalue weighted by atomic mass is 35.5. The van der Waals surface area contributed by atoms with Gasteiger partial charge in [-0.25, -0.2) is 0 Å². The minimum Gasteiger partial charge on any atom is -0.311 e. The number of hydrogen-bond donors (Lipinski definition) is 1. The van der Waals surface area contributed by atoms with Crippen LogP contribution < -0.4 is 5.32 Å². The Kier molecular flexibility index (Phi) is 3.81. The van der Waals surface area contributed by atoms with Gasteiger partial charge < -0.3 is 5.32 Å². The quantitative estimate of drug-likeness (QED) is 0.797. The van der Waals surface area contributed by atoms with Crippen molar-refractivity contribution in [3.05, 3.63) is 48.0 Å². The lowest BCUT2D eigenvalue weighted by molar-refractivity contribution is 0.683. The van der Waals surface area contributed by atoms with E-state index in [4.69, 9.17) is 11.6 Å². The van der Waals surface area contributed by atoms with E-state index in [2.05, 4.69) is 47.8 Å². The fourth-order valence-corrected chi connectivity index (χ4v) is 1.96. The van der Waals surface area contributed by atoms with E-state index in [-0.39, 0.29) is 5.38 Å². The third-order valence-corrected chi connectivity index (χ3v) is 2.78. The minimum absolute atomic E-state index is 0.176. The Labute approximate surface area is 101 Å². The highest BCUT2D eigenvalue weighted by molar-refractivity contribution is 6.20. The summed E-state index contributed by atoms with van der Waals surface area (Å²) in [5, 5.41) is 6.15. The summed E-state index contributed by atoms with van der Waals surface area (Å²) in [6.45, 7) is 3.71. The average Bonchev–Trinajstić information content (AvgIpc) is 2.29. The molecule has 0 aliphatic rings. The fourth-order valence-electron chi connectivity index (χ4n) is 1.85. The highest BCUT2D eigenvalue weighted by Gasteiger charge is 2.00. The summed E-state index contributed by atoms with van der Waals surface area (Å²) in [7, 11) is 0. The van der Waals surface area contributed by atoms with Crippen LogP contribution in [0.4, 0.5) is 0 Å². The van der Waals surface area contributed by atoms with Gasteiger partial charge in [0.05, 0.1) is 0 Å². The molecule has 1 atom stereocenters. The first-order chi connectivity index (χ1) is 7.77. The summed E-state index contributed by atoms with van der Waals surface area (Å²) < 4.78 is 0. The van der Waals surface area contributed by atoms with Gasteiger partial charge in [0, 0.05) is 18.5 Å². The van der Waals surface area contributed by atoms with Crippen molar-refractivity contribution in [1.82, 2.24) is 5.32 Å². The van der Waals surface area contributed by atoms with Gasteiger partial charge >= 0.3 is 0 Å². The Balaban J connectivity index is 2.17. The van der Waals surface area contributed by atoms with Crippen LogP contribution in [0, 0.1) is 0 Å². The number of fused-ring (bicyclic) bond motifs is 1. The van der Waals surface area contributed by atoms with Gasteiger partial charge in [-0.1, -0.05) is 42.5 Å². The summed E-state index contributed by atoms with van der Waals surface area (Å²) in [5.41, 5.74) is 1.33. The monoisotopic (exact) mass is 233 g/mol. The van der Waals surface area contributed by atoms with Crippen LogP contribution in [0.15, 0.2) is 42.5 Å². The van der Waals surface area contributed by atoms with E-state index in [0.717, 1.165) is 13.1 Å². The Morgan fingerprint density at radius 3 is 2.69 bits per heavy atom. The number of hydrogen-bond acceptors (Lipinski definition) is 1. The van der Waals surface area contributed by atoms with Gasteiger partial charge in [0.15, 0.2) is 0 Å². The zero-order chi connectivity index (χ0) is 11.4. The smallest absolute Gasteiger partial charge is 0.0432 e. The Hall–Kier alpha value is -1.05. The molecule has 2 rings (SSSR count). The first kappa shape index (κ1) is 11.4. The standard InChI is InChI=1S/C14H16ClN/c1-11(15)9-16-10-13-7-4-6-12-5-2-3-8-14(12)13/h2-8,11,16H,9-10H2,1H3. The molecule has 0 radical (unpaired) electrons. The van der Waals surface area contributed by atoms with E-state index >= 15 is 0 Å². The minimum atomic E-state index is 0.176. The number of rotatable bonds is 4. The first-order valence-electron chi connectivity index (χ1n) is 5.59. The van der Waals surface area contributed by atoms with Crippen molar-refractivity contribution in [3.8, 4) is 0 Å². The molecule has 0 aliphatic heterocycles. The van der Waals surface area contributed by atoms with Gasteiger partial charge in [0.2, 0.25) is 0 Å². The molecule has 84 valence electrons. The van der Waals surface area contributed by atoms with Gasteiger partial charge in [-0.15, -0.1) is 11.6 Å². The van der Waals surface area contributed by atoms with Crippen molar-refractivity contribution in [2.24, 2.45) is 0 Å². The molecule has 0 spiro atoms. The van der Waals surface area contributed by atoms with Crippen molar-refractivity contribution in [1.29, 1.82) is 0 Å². The third kappa shape index (κ3) is 2.75. The second-order valence-electron chi connectivity index (χ2n) is 4.05. The lowest BCUT2D eigenvalue weighted by Gasteiger charge is -2.09. The van der Waals surface area contributed by atoms with Crippen LogP contribution in [0.2, 0.25) is 0 Å². The van der Waals surface area contributed by atoms with Crippen molar-refractivity contribution in [2.75, 3.05) is 6.54 Å². The van der Waals surface area contributed by atoms with E-state index in [1.54, 1.807) is 0 Å². The summed E-state index contributed by atoms with van der Waals surface area (Å²) >= 11 is 5.90. The molecule has 0 heterocycles. The van der Waals surface area contributed by atoms with Crippen molar-refractivity contribution >= 4 is 22.4 Å². The lowest BCUT2D eigenvalue weighted by atomic mass is 10.0. The molecular weight excluding hydrogens is 218 g/mol. The summed E-state index contributed by atoms with van der Waals surface area (Å²) in [5.74, 6) is 0. The van der Waals surface area contributed by atoms with E-state index in [9.17, 15) is 0 Å². The SMILES string of the molecule is CC(Cl)CNCc1cccc2ccccc12. The molecular formula is C14H16ClN. The topological polar surface area (TPSA) is 12.0 Å². The zero-order valence-electron chi connectivity index (χ0n) is 9.41. The molecule has 0 bridgehead atoms. The average molecular weight is 234 g/mol. The van der Waals surface area contributed by atoms with Crippen molar-refractivity contribution < 1.29 is 0 Å². The van der Waals surface area contributed by atoms with Crippen molar-refractivity contribution in [2.45, 2.75) is 18.8 Å². The maximum atomic E-state index is 5.90. The van der Waals surface area contributed by atoms with Crippen LogP contribution in [0.1, 0.15) is 12.5 Å². The second-order valence-corrected chi connectivity index (χ2v) is 4.79. The van der Waals surface area contributed by atoms with Crippen molar-refractivity contribution in [3.63, 3.8) is 0 Å². The van der Waals surface area contributed by atoms with Crippen LogP contribution in [0.25, 0.3) is 10.8 Å². The maximum absolute atomic E-state index is 5.90. The largest absolute Gasteiger partial charge is 0.311 e. The first-order valence-corrected chi connectivity index (χ1v) is 6.02. The maximum Gasteiger partial charge on any atom is 0.0432 e. The summed E-state index contributed by atoms with van der Waals surface area (Å²) in [4.78, 5) is 0. The Morgan fingerprint density at radius 1 is 1.12 bits per heavy atom. The Morgan fingerprint density at radius 2 is 1.88 bits per heavy atom. The number of benzene rings is 2. The molecule has 16 heavy (non-hydrogen) atoms. The number of halogens is 1. The molecule has 0 fully saturated rings. The fraction of sp³-hybridized carbons (Fsp3) is 0.286. The van der Waals surface area contributed by atoms with Crippen LogP contribution in [0.5, 0.6) is 0 Å². The zero-order valence-corrected chi connectivity index (χ0v) is 10.2. The predicted octanol–water partition coefficient (Wildman–Crippen LogP) is 3.56. The molecule has 0 amide bonds. The molecule has 2 aromatic rings. The van der Waals surface area contributed by atoms with E-state index in [0.29, 0.717) is 0 Å². The summed E-state index contributed by atoms with van der Waals surface area (Å²) in [6, 6.07) is 14.9.